The first-order valence-corrected chi connectivity index (χ1v) is 7.70. The van der Waals surface area contributed by atoms with Crippen LogP contribution in [0.25, 0.3) is 0 Å². The van der Waals surface area contributed by atoms with Gasteiger partial charge >= 0.3 is 0 Å². The van der Waals surface area contributed by atoms with Gasteiger partial charge < -0.3 is 5.73 Å². The molecule has 0 aliphatic heterocycles. The second-order valence-corrected chi connectivity index (χ2v) is 5.86. The molecule has 8 heteroatoms. The highest BCUT2D eigenvalue weighted by Crippen LogP contribution is 2.10. The summed E-state index contributed by atoms with van der Waals surface area (Å²) in [6.07, 6.45) is 4.21. The number of thioether (sulfide) groups is 1. The van der Waals surface area contributed by atoms with Gasteiger partial charge in [0.2, 0.25) is 0 Å². The van der Waals surface area contributed by atoms with Crippen molar-refractivity contribution in [3.05, 3.63) is 11.8 Å². The van der Waals surface area contributed by atoms with E-state index in [4.69, 9.17) is 5.73 Å². The van der Waals surface area contributed by atoms with Crippen molar-refractivity contribution in [2.45, 2.75) is 18.0 Å². The van der Waals surface area contributed by atoms with Crippen LogP contribution in [0.3, 0.4) is 0 Å². The fourth-order valence-electron chi connectivity index (χ4n) is 1.17. The van der Waals surface area contributed by atoms with E-state index in [2.05, 4.69) is 14.9 Å². The third kappa shape index (κ3) is 3.48. The zero-order valence-electron chi connectivity index (χ0n) is 9.06. The van der Waals surface area contributed by atoms with E-state index < -0.39 is 10.0 Å². The predicted molar refractivity (Wildman–Crippen MR) is 64.7 cm³/mol. The van der Waals surface area contributed by atoms with Crippen molar-refractivity contribution < 1.29 is 8.42 Å². The number of hydrogen-bond acceptors (Lipinski definition) is 5. The summed E-state index contributed by atoms with van der Waals surface area (Å²) in [7, 11) is -3.50. The van der Waals surface area contributed by atoms with Crippen LogP contribution in [0.2, 0.25) is 0 Å². The molecule has 0 saturated heterocycles. The minimum atomic E-state index is -3.50. The second kappa shape index (κ2) is 6.24. The zero-order valence-corrected chi connectivity index (χ0v) is 10.7. The Hall–Kier alpha value is -0.570. The average molecular weight is 264 g/mol. The maximum absolute atomic E-state index is 11.8. The van der Waals surface area contributed by atoms with Gasteiger partial charge in [0.1, 0.15) is 0 Å². The molecule has 6 nitrogen and oxygen atoms in total. The molecular formula is C8H16N4O2S2. The van der Waals surface area contributed by atoms with Gasteiger partial charge in [-0.2, -0.15) is 16.9 Å². The van der Waals surface area contributed by atoms with Crippen molar-refractivity contribution in [3.63, 3.8) is 0 Å². The molecule has 0 aliphatic carbocycles. The summed E-state index contributed by atoms with van der Waals surface area (Å²) in [6.45, 7) is 0.573. The molecule has 1 heterocycles. The van der Waals surface area contributed by atoms with Crippen molar-refractivity contribution in [2.75, 3.05) is 18.6 Å². The first-order valence-electron chi connectivity index (χ1n) is 4.82. The minimum absolute atomic E-state index is 0.0687. The monoisotopic (exact) mass is 264 g/mol. The van der Waals surface area contributed by atoms with Crippen LogP contribution < -0.4 is 10.5 Å². The SMILES string of the molecule is CSCCCNS(=O)(=O)c1[nH]ncc1CN. The van der Waals surface area contributed by atoms with Gasteiger partial charge in [-0.15, -0.1) is 0 Å². The molecular weight excluding hydrogens is 248 g/mol. The van der Waals surface area contributed by atoms with Gasteiger partial charge in [0.15, 0.2) is 5.03 Å². The molecule has 0 aromatic carbocycles. The fourth-order valence-corrected chi connectivity index (χ4v) is 2.82. The van der Waals surface area contributed by atoms with Crippen LogP contribution >= 0.6 is 11.8 Å². The number of nitrogens with zero attached hydrogens (tertiary/aromatic N) is 1. The van der Waals surface area contributed by atoms with E-state index in [1.54, 1.807) is 11.8 Å². The lowest BCUT2D eigenvalue weighted by molar-refractivity contribution is 0.575. The van der Waals surface area contributed by atoms with Crippen molar-refractivity contribution in [2.24, 2.45) is 5.73 Å². The molecule has 0 fully saturated rings. The van der Waals surface area contributed by atoms with Crippen molar-refractivity contribution >= 4 is 21.8 Å². The summed E-state index contributed by atoms with van der Waals surface area (Å²) >= 11 is 1.68. The first-order chi connectivity index (χ1) is 7.61. The number of sulfonamides is 1. The highest BCUT2D eigenvalue weighted by Gasteiger charge is 2.19. The molecule has 0 radical (unpaired) electrons. The molecule has 0 unspecified atom stereocenters. The lowest BCUT2D eigenvalue weighted by atomic mass is 10.4. The molecule has 0 aliphatic rings. The molecule has 0 spiro atoms. The summed E-state index contributed by atoms with van der Waals surface area (Å²) < 4.78 is 26.1. The summed E-state index contributed by atoms with van der Waals surface area (Å²) in [5, 5.41) is 6.20. The largest absolute Gasteiger partial charge is 0.326 e. The molecule has 0 bridgehead atoms. The third-order valence-electron chi connectivity index (χ3n) is 1.98. The summed E-state index contributed by atoms with van der Waals surface area (Å²) in [5.74, 6) is 0.926. The quantitative estimate of drug-likeness (QED) is 0.597. The molecule has 1 rings (SSSR count). The van der Waals surface area contributed by atoms with Gasteiger partial charge in [-0.1, -0.05) is 0 Å². The second-order valence-electron chi connectivity index (χ2n) is 3.17. The third-order valence-corrected chi connectivity index (χ3v) is 4.16. The number of rotatable bonds is 7. The van der Waals surface area contributed by atoms with Crippen molar-refractivity contribution in [3.8, 4) is 0 Å². The molecule has 16 heavy (non-hydrogen) atoms. The molecule has 0 atom stereocenters. The Morgan fingerprint density at radius 2 is 2.38 bits per heavy atom. The van der Waals surface area contributed by atoms with Gasteiger partial charge in [-0.3, -0.25) is 5.10 Å². The zero-order chi connectivity index (χ0) is 12.0. The maximum atomic E-state index is 11.8. The number of nitrogens with one attached hydrogen (secondary N) is 2. The highest BCUT2D eigenvalue weighted by molar-refractivity contribution is 7.98. The number of hydrogen-bond donors (Lipinski definition) is 3. The van der Waals surface area contributed by atoms with Gasteiger partial charge in [0, 0.05) is 18.7 Å². The van der Waals surface area contributed by atoms with Crippen LogP contribution in [0.1, 0.15) is 12.0 Å². The number of aromatic amines is 1. The van der Waals surface area contributed by atoms with E-state index in [1.807, 2.05) is 6.26 Å². The summed E-state index contributed by atoms with van der Waals surface area (Å²) in [6, 6.07) is 0. The normalized spacial score (nSPS) is 11.9. The fraction of sp³-hybridized carbons (Fsp3) is 0.625. The van der Waals surface area contributed by atoms with Crippen LogP contribution in [-0.4, -0.2) is 37.2 Å². The van der Waals surface area contributed by atoms with Crippen LogP contribution in [0.5, 0.6) is 0 Å². The van der Waals surface area contributed by atoms with Crippen molar-refractivity contribution in [1.29, 1.82) is 0 Å². The minimum Gasteiger partial charge on any atom is -0.326 e. The molecule has 1 aromatic heterocycles. The Kier molecular flexibility index (Phi) is 5.26. The molecule has 1 aromatic rings. The van der Waals surface area contributed by atoms with Crippen LogP contribution in [0.4, 0.5) is 0 Å². The van der Waals surface area contributed by atoms with E-state index in [-0.39, 0.29) is 11.6 Å². The topological polar surface area (TPSA) is 101 Å². The number of nitrogens with two attached hydrogens (primary N) is 1. The lowest BCUT2D eigenvalue weighted by Crippen LogP contribution is -2.26. The van der Waals surface area contributed by atoms with E-state index in [0.29, 0.717) is 12.1 Å². The summed E-state index contributed by atoms with van der Waals surface area (Å²) in [4.78, 5) is 0. The smallest absolute Gasteiger partial charge is 0.257 e. The Morgan fingerprint density at radius 3 is 3.00 bits per heavy atom. The van der Waals surface area contributed by atoms with Crippen LogP contribution in [0, 0.1) is 0 Å². The predicted octanol–water partition coefficient (Wildman–Crippen LogP) is -0.100. The van der Waals surface area contributed by atoms with E-state index in [9.17, 15) is 8.42 Å². The van der Waals surface area contributed by atoms with E-state index >= 15 is 0 Å². The molecule has 0 saturated carbocycles. The van der Waals surface area contributed by atoms with E-state index in [0.717, 1.165) is 12.2 Å². The number of aromatic nitrogens is 2. The van der Waals surface area contributed by atoms with E-state index in [1.165, 1.54) is 6.20 Å². The van der Waals surface area contributed by atoms with Crippen LogP contribution in [-0.2, 0) is 16.6 Å². The Labute approximate surface area is 99.4 Å². The van der Waals surface area contributed by atoms with Gasteiger partial charge in [-0.25, -0.2) is 13.1 Å². The van der Waals surface area contributed by atoms with Crippen molar-refractivity contribution in [1.82, 2.24) is 14.9 Å². The molecule has 4 N–H and O–H groups in total. The highest BCUT2D eigenvalue weighted by atomic mass is 32.2. The summed E-state index contributed by atoms with van der Waals surface area (Å²) in [5.41, 5.74) is 5.91. The average Bonchev–Trinajstić information content (AvgIpc) is 2.73. The maximum Gasteiger partial charge on any atom is 0.257 e. The standard InChI is InChI=1S/C8H16N4O2S2/c1-15-4-2-3-11-16(13,14)8-7(5-9)6-10-12-8/h6,11H,2-5,9H2,1H3,(H,10,12). The molecule has 0 amide bonds. The Bertz CT molecular complexity index is 415. The first kappa shape index (κ1) is 13.5. The van der Waals surface area contributed by atoms with Gasteiger partial charge in [0.25, 0.3) is 10.0 Å². The Balaban J connectivity index is 2.64. The number of H-pyrrole nitrogens is 1. The molecule has 92 valence electrons. The van der Waals surface area contributed by atoms with Crippen LogP contribution in [0.15, 0.2) is 11.2 Å². The van der Waals surface area contributed by atoms with Gasteiger partial charge in [-0.05, 0) is 18.4 Å². The Morgan fingerprint density at radius 1 is 1.62 bits per heavy atom. The van der Waals surface area contributed by atoms with Gasteiger partial charge in [0.05, 0.1) is 6.20 Å². The lowest BCUT2D eigenvalue weighted by Gasteiger charge is -2.05.